The number of hydrogen-bond donors (Lipinski definition) is 4. The van der Waals surface area contributed by atoms with Crippen molar-refractivity contribution in [2.45, 2.75) is 70.7 Å². The van der Waals surface area contributed by atoms with Crippen LogP contribution >= 0.6 is 0 Å². The summed E-state index contributed by atoms with van der Waals surface area (Å²) in [5, 5.41) is 27.9. The van der Waals surface area contributed by atoms with Gasteiger partial charge in [-0.2, -0.15) is 0 Å². The number of anilines is 1. The lowest BCUT2D eigenvalue weighted by molar-refractivity contribution is 0.0523. The van der Waals surface area contributed by atoms with E-state index in [2.05, 4.69) is 34.3 Å². The van der Waals surface area contributed by atoms with Gasteiger partial charge in [-0.3, -0.25) is 9.59 Å². The zero-order valence-corrected chi connectivity index (χ0v) is 23.4. The standard InChI is InChI=1S/C33H32N2O6/c1-18(36)26-20-11-9-7-5-6-8-10-12-24(26)35-29-22(20)16-25(37)27-28(29)30(38)21-14-13-19(15-23(21)31(27)39)17-34-32(40)41-33(2,3)4/h6,8,13-16,18,20,24,26,35-37H,9,11,17H2,1-4H3,(H,34,40)/b8-6-/t18-,20?,24+,26?/m1/s1. The number of amides is 1. The Bertz CT molecular complexity index is 1610. The number of hydrogen-bond acceptors (Lipinski definition) is 7. The van der Waals surface area contributed by atoms with Crippen molar-refractivity contribution in [3.05, 3.63) is 69.8 Å². The van der Waals surface area contributed by atoms with Crippen molar-refractivity contribution in [3.63, 3.8) is 0 Å². The molecule has 1 heterocycles. The number of phenolic OH excluding ortho intramolecular Hbond substituents is 1. The summed E-state index contributed by atoms with van der Waals surface area (Å²) in [6, 6.07) is 5.83. The second kappa shape index (κ2) is 10.8. The number of rotatable bonds is 3. The molecule has 41 heavy (non-hydrogen) atoms. The average molecular weight is 553 g/mol. The number of aromatic hydroxyl groups is 1. The molecule has 3 aliphatic rings. The number of ether oxygens (including phenoxy) is 1. The number of phenols is 1. The van der Waals surface area contributed by atoms with Crippen LogP contribution in [0.1, 0.15) is 89.4 Å². The number of aliphatic hydroxyl groups excluding tert-OH is 1. The number of ketones is 2. The van der Waals surface area contributed by atoms with Gasteiger partial charge in [0.1, 0.15) is 11.4 Å². The summed E-state index contributed by atoms with van der Waals surface area (Å²) in [5.74, 6) is 10.4. The highest BCUT2D eigenvalue weighted by Crippen LogP contribution is 2.49. The van der Waals surface area contributed by atoms with Crippen molar-refractivity contribution >= 4 is 23.3 Å². The molecule has 1 amide bonds. The summed E-state index contributed by atoms with van der Waals surface area (Å²) < 4.78 is 5.27. The number of fused-ring (bicyclic) bond motifs is 7. The highest BCUT2D eigenvalue weighted by atomic mass is 16.6. The summed E-state index contributed by atoms with van der Waals surface area (Å²) in [6.45, 7) is 7.08. The third-order valence-corrected chi connectivity index (χ3v) is 7.48. The molecule has 2 aromatic carbocycles. The van der Waals surface area contributed by atoms with Crippen molar-refractivity contribution in [1.29, 1.82) is 0 Å². The Kier molecular flexibility index (Phi) is 7.38. The second-order valence-electron chi connectivity index (χ2n) is 11.5. The maximum Gasteiger partial charge on any atom is 0.407 e. The first-order valence-electron chi connectivity index (χ1n) is 13.6. The molecule has 0 fully saturated rings. The van der Waals surface area contributed by atoms with E-state index in [-0.39, 0.29) is 46.4 Å². The van der Waals surface area contributed by atoms with Crippen molar-refractivity contribution < 1.29 is 29.3 Å². The molecule has 2 aliphatic carbocycles. The molecule has 0 saturated carbocycles. The van der Waals surface area contributed by atoms with Crippen LogP contribution in [0.15, 0.2) is 36.4 Å². The van der Waals surface area contributed by atoms with E-state index in [1.54, 1.807) is 58.0 Å². The molecule has 210 valence electrons. The Labute approximate surface area is 239 Å². The lowest BCUT2D eigenvalue weighted by Crippen LogP contribution is -2.44. The molecule has 5 rings (SSSR count). The van der Waals surface area contributed by atoms with E-state index in [9.17, 15) is 24.6 Å². The first-order chi connectivity index (χ1) is 19.5. The molecule has 0 aromatic heterocycles. The Morgan fingerprint density at radius 3 is 2.59 bits per heavy atom. The smallest absolute Gasteiger partial charge is 0.407 e. The maximum atomic E-state index is 14.0. The number of allylic oxidation sites excluding steroid dienone is 2. The fourth-order valence-electron chi connectivity index (χ4n) is 5.81. The van der Waals surface area contributed by atoms with E-state index in [0.29, 0.717) is 29.7 Å². The Morgan fingerprint density at radius 2 is 1.85 bits per heavy atom. The van der Waals surface area contributed by atoms with Crippen LogP contribution in [-0.4, -0.2) is 45.6 Å². The molecule has 1 aliphatic heterocycles. The summed E-state index contributed by atoms with van der Waals surface area (Å²) in [5.41, 5.74) is 1.45. The highest BCUT2D eigenvalue weighted by Gasteiger charge is 2.44. The molecule has 4 N–H and O–H groups in total. The van der Waals surface area contributed by atoms with Gasteiger partial charge in [0, 0.05) is 30.0 Å². The summed E-state index contributed by atoms with van der Waals surface area (Å²) in [4.78, 5) is 39.8. The van der Waals surface area contributed by atoms with E-state index >= 15 is 0 Å². The van der Waals surface area contributed by atoms with Crippen molar-refractivity contribution in [3.8, 4) is 29.4 Å². The van der Waals surface area contributed by atoms with Gasteiger partial charge in [-0.25, -0.2) is 4.79 Å². The molecule has 2 aromatic rings. The molecular weight excluding hydrogens is 520 g/mol. The summed E-state index contributed by atoms with van der Waals surface area (Å²) >= 11 is 0. The van der Waals surface area contributed by atoms with Crippen molar-refractivity contribution in [1.82, 2.24) is 5.32 Å². The zero-order chi connectivity index (χ0) is 29.5. The Balaban J connectivity index is 1.56. The van der Waals surface area contributed by atoms with E-state index in [0.717, 1.165) is 0 Å². The molecule has 2 unspecified atom stereocenters. The average Bonchev–Trinajstić information content (AvgIpc) is 2.93. The van der Waals surface area contributed by atoms with Crippen LogP contribution in [0.2, 0.25) is 0 Å². The van der Waals surface area contributed by atoms with Gasteiger partial charge in [-0.15, -0.1) is 0 Å². The Hall–Kier alpha value is -4.53. The predicted molar refractivity (Wildman–Crippen MR) is 154 cm³/mol. The van der Waals surface area contributed by atoms with Crippen LogP contribution in [0.5, 0.6) is 5.75 Å². The quantitative estimate of drug-likeness (QED) is 0.280. The van der Waals surface area contributed by atoms with Crippen LogP contribution < -0.4 is 10.6 Å². The molecule has 4 atom stereocenters. The molecule has 0 radical (unpaired) electrons. The predicted octanol–water partition coefficient (Wildman–Crippen LogP) is 4.42. The lowest BCUT2D eigenvalue weighted by atomic mass is 9.70. The topological polar surface area (TPSA) is 125 Å². The first kappa shape index (κ1) is 28.0. The number of alkyl carbamates (subject to hydrolysis) is 1. The lowest BCUT2D eigenvalue weighted by Gasteiger charge is -2.41. The van der Waals surface area contributed by atoms with Crippen LogP contribution in [0, 0.1) is 29.6 Å². The van der Waals surface area contributed by atoms with E-state index in [1.807, 2.05) is 0 Å². The Morgan fingerprint density at radius 1 is 1.12 bits per heavy atom. The fourth-order valence-corrected chi connectivity index (χ4v) is 5.81. The van der Waals surface area contributed by atoms with Crippen molar-refractivity contribution in [2.75, 3.05) is 5.32 Å². The van der Waals surface area contributed by atoms with Gasteiger partial charge in [-0.05, 0) is 81.5 Å². The van der Waals surface area contributed by atoms with Crippen molar-refractivity contribution in [2.24, 2.45) is 5.92 Å². The van der Waals surface area contributed by atoms with E-state index < -0.39 is 35.4 Å². The first-order valence-corrected chi connectivity index (χ1v) is 13.6. The number of carbonyl (C=O) groups is 3. The molecule has 2 bridgehead atoms. The highest BCUT2D eigenvalue weighted by molar-refractivity contribution is 6.31. The monoisotopic (exact) mass is 552 g/mol. The molecular formula is C33H32N2O6. The van der Waals surface area contributed by atoms with Crippen LogP contribution in [0.3, 0.4) is 0 Å². The third-order valence-electron chi connectivity index (χ3n) is 7.48. The van der Waals surface area contributed by atoms with E-state index in [1.165, 1.54) is 6.07 Å². The van der Waals surface area contributed by atoms with Crippen LogP contribution in [-0.2, 0) is 11.3 Å². The van der Waals surface area contributed by atoms with Gasteiger partial charge in [0.05, 0.1) is 29.0 Å². The van der Waals surface area contributed by atoms with Gasteiger partial charge < -0.3 is 25.6 Å². The van der Waals surface area contributed by atoms with Gasteiger partial charge in [-0.1, -0.05) is 29.7 Å². The van der Waals surface area contributed by atoms with Gasteiger partial charge in [0.25, 0.3) is 0 Å². The molecule has 0 saturated heterocycles. The number of aliphatic hydroxyl groups is 1. The number of nitrogens with one attached hydrogen (secondary N) is 2. The minimum Gasteiger partial charge on any atom is -0.507 e. The zero-order valence-electron chi connectivity index (χ0n) is 23.4. The summed E-state index contributed by atoms with van der Waals surface area (Å²) in [6.07, 6.45) is 3.11. The second-order valence-corrected chi connectivity index (χ2v) is 11.5. The SMILES string of the molecule is C[C@@H](O)C1C2CCC#C/C=C\C#C[C@@H]1Nc1c2cc(O)c2c1C(=O)c1ccc(CNC(=O)OC(C)(C)C)cc1C2=O. The molecule has 8 heteroatoms. The maximum absolute atomic E-state index is 14.0. The van der Waals surface area contributed by atoms with Gasteiger partial charge in [0.15, 0.2) is 11.6 Å². The molecule has 0 spiro atoms. The van der Waals surface area contributed by atoms with Crippen LogP contribution in [0.4, 0.5) is 10.5 Å². The normalized spacial score (nSPS) is 22.0. The van der Waals surface area contributed by atoms with E-state index in [4.69, 9.17) is 4.74 Å². The minimum absolute atomic E-state index is 0.0732. The van der Waals surface area contributed by atoms with Crippen LogP contribution in [0.25, 0.3) is 0 Å². The van der Waals surface area contributed by atoms with Gasteiger partial charge >= 0.3 is 6.09 Å². The number of benzene rings is 2. The van der Waals surface area contributed by atoms with Gasteiger partial charge in [0.2, 0.25) is 0 Å². The largest absolute Gasteiger partial charge is 0.507 e. The summed E-state index contributed by atoms with van der Waals surface area (Å²) in [7, 11) is 0. The number of carbonyl (C=O) groups excluding carboxylic acids is 3. The third kappa shape index (κ3) is 5.44. The minimum atomic E-state index is -0.735. The molecule has 8 nitrogen and oxygen atoms in total. The fraction of sp³-hybridized carbons (Fsp3) is 0.364.